The number of carbonyl (C=O) groups is 1. The van der Waals surface area contributed by atoms with Gasteiger partial charge in [-0.1, -0.05) is 0 Å². The van der Waals surface area contributed by atoms with Crippen LogP contribution in [0.1, 0.15) is 18.4 Å². The third-order valence-corrected chi connectivity index (χ3v) is 2.88. The minimum absolute atomic E-state index is 0.0869. The molecule has 0 fully saturated rings. The summed E-state index contributed by atoms with van der Waals surface area (Å²) in [6.45, 7) is 2.23. The zero-order valence-electron chi connectivity index (χ0n) is 12.0. The summed E-state index contributed by atoms with van der Waals surface area (Å²) in [7, 11) is 0. The van der Waals surface area contributed by atoms with Crippen molar-refractivity contribution in [3.05, 3.63) is 46.2 Å². The lowest BCUT2D eigenvalue weighted by molar-refractivity contribution is -0.385. The highest BCUT2D eigenvalue weighted by molar-refractivity contribution is 5.75. The number of esters is 1. The Morgan fingerprint density at radius 2 is 2.27 bits per heavy atom. The van der Waals surface area contributed by atoms with Gasteiger partial charge in [0.1, 0.15) is 30.0 Å². The van der Waals surface area contributed by atoms with Crippen LogP contribution in [0, 0.1) is 10.1 Å². The molecule has 9 nitrogen and oxygen atoms in total. The maximum Gasteiger partial charge on any atom is 0.323 e. The lowest BCUT2D eigenvalue weighted by Gasteiger charge is -2.08. The number of hydrogen-bond donors (Lipinski definition) is 1. The molecule has 0 aliphatic carbocycles. The average Bonchev–Trinajstić information content (AvgIpc) is 3.09. The Morgan fingerprint density at radius 1 is 1.55 bits per heavy atom. The van der Waals surface area contributed by atoms with Gasteiger partial charge < -0.3 is 14.9 Å². The van der Waals surface area contributed by atoms with Gasteiger partial charge in [-0.3, -0.25) is 19.6 Å². The summed E-state index contributed by atoms with van der Waals surface area (Å²) in [5.74, 6) is 0.615. The van der Waals surface area contributed by atoms with Crippen molar-refractivity contribution in [2.45, 2.75) is 25.9 Å². The summed E-state index contributed by atoms with van der Waals surface area (Å²) in [5.41, 5.74) is 5.62. The van der Waals surface area contributed by atoms with Crippen LogP contribution in [-0.4, -0.2) is 33.3 Å². The largest absolute Gasteiger partial charge is 0.465 e. The van der Waals surface area contributed by atoms with E-state index in [1.54, 1.807) is 19.1 Å². The second-order valence-corrected chi connectivity index (χ2v) is 4.58. The molecule has 22 heavy (non-hydrogen) atoms. The fraction of sp³-hybridized carbons (Fsp3) is 0.385. The molecular formula is C13H16N4O5. The van der Waals surface area contributed by atoms with E-state index in [4.69, 9.17) is 14.9 Å². The first-order chi connectivity index (χ1) is 10.5. The summed E-state index contributed by atoms with van der Waals surface area (Å²) in [6.07, 6.45) is 2.70. The van der Waals surface area contributed by atoms with E-state index in [0.29, 0.717) is 11.5 Å². The van der Waals surface area contributed by atoms with Crippen LogP contribution < -0.4 is 5.73 Å². The van der Waals surface area contributed by atoms with Gasteiger partial charge in [-0.05, 0) is 19.1 Å². The molecule has 0 amide bonds. The van der Waals surface area contributed by atoms with Crippen LogP contribution in [0.5, 0.6) is 0 Å². The van der Waals surface area contributed by atoms with Crippen molar-refractivity contribution in [3.8, 4) is 0 Å². The number of nitrogens with two attached hydrogens (primary N) is 1. The summed E-state index contributed by atoms with van der Waals surface area (Å²) >= 11 is 0. The Morgan fingerprint density at radius 3 is 2.91 bits per heavy atom. The van der Waals surface area contributed by atoms with Crippen molar-refractivity contribution in [1.82, 2.24) is 9.78 Å². The van der Waals surface area contributed by atoms with Crippen molar-refractivity contribution in [2.75, 3.05) is 6.61 Å². The molecule has 0 aliphatic rings. The minimum Gasteiger partial charge on any atom is -0.465 e. The molecule has 2 N–H and O–H groups in total. The van der Waals surface area contributed by atoms with E-state index in [9.17, 15) is 14.9 Å². The molecule has 0 aromatic carbocycles. The summed E-state index contributed by atoms with van der Waals surface area (Å²) in [4.78, 5) is 21.5. The van der Waals surface area contributed by atoms with E-state index in [-0.39, 0.29) is 25.3 Å². The molecule has 0 radical (unpaired) electrons. The van der Waals surface area contributed by atoms with Crippen LogP contribution in [0.25, 0.3) is 0 Å². The summed E-state index contributed by atoms with van der Waals surface area (Å²) in [5, 5.41) is 14.5. The molecule has 0 aliphatic heterocycles. The SMILES string of the molecule is CCOC(=O)C(N)Cc1ccc(Cn2cc([N+](=O)[O-])cn2)o1. The van der Waals surface area contributed by atoms with E-state index in [1.165, 1.54) is 17.1 Å². The molecule has 9 heteroatoms. The van der Waals surface area contributed by atoms with E-state index in [0.717, 1.165) is 0 Å². The van der Waals surface area contributed by atoms with E-state index >= 15 is 0 Å². The third kappa shape index (κ3) is 3.92. The second kappa shape index (κ2) is 6.85. The van der Waals surface area contributed by atoms with Crippen LogP contribution in [0.4, 0.5) is 5.69 Å². The fourth-order valence-electron chi connectivity index (χ4n) is 1.86. The topological polar surface area (TPSA) is 126 Å². The Kier molecular flexibility index (Phi) is 4.89. The highest BCUT2D eigenvalue weighted by atomic mass is 16.6. The van der Waals surface area contributed by atoms with Gasteiger partial charge in [0.15, 0.2) is 0 Å². The van der Waals surface area contributed by atoms with Crippen molar-refractivity contribution in [3.63, 3.8) is 0 Å². The number of furan rings is 1. The highest BCUT2D eigenvalue weighted by Crippen LogP contribution is 2.14. The minimum atomic E-state index is -0.787. The summed E-state index contributed by atoms with van der Waals surface area (Å²) < 4.78 is 11.8. The lowest BCUT2D eigenvalue weighted by atomic mass is 10.2. The highest BCUT2D eigenvalue weighted by Gasteiger charge is 2.17. The van der Waals surface area contributed by atoms with Gasteiger partial charge in [-0.15, -0.1) is 0 Å². The molecule has 0 bridgehead atoms. The molecule has 118 valence electrons. The molecular weight excluding hydrogens is 292 g/mol. The number of nitro groups is 1. The van der Waals surface area contributed by atoms with Crippen molar-refractivity contribution in [1.29, 1.82) is 0 Å². The van der Waals surface area contributed by atoms with Crippen LogP contribution in [0.3, 0.4) is 0 Å². The van der Waals surface area contributed by atoms with Gasteiger partial charge in [0.05, 0.1) is 18.1 Å². The molecule has 2 heterocycles. The first-order valence-electron chi connectivity index (χ1n) is 6.66. The van der Waals surface area contributed by atoms with E-state index in [1.807, 2.05) is 0 Å². The zero-order chi connectivity index (χ0) is 16.1. The Balaban J connectivity index is 1.96. The number of ether oxygens (including phenoxy) is 1. The van der Waals surface area contributed by atoms with E-state index < -0.39 is 16.9 Å². The molecule has 1 unspecified atom stereocenters. The van der Waals surface area contributed by atoms with Crippen LogP contribution in [-0.2, 0) is 22.5 Å². The van der Waals surface area contributed by atoms with Gasteiger partial charge in [0.25, 0.3) is 0 Å². The molecule has 1 atom stereocenters. The number of aromatic nitrogens is 2. The van der Waals surface area contributed by atoms with Crippen LogP contribution in [0.2, 0.25) is 0 Å². The molecule has 0 saturated heterocycles. The lowest BCUT2D eigenvalue weighted by Crippen LogP contribution is -2.34. The first kappa shape index (κ1) is 15.7. The summed E-state index contributed by atoms with van der Waals surface area (Å²) in [6, 6.07) is 2.62. The average molecular weight is 308 g/mol. The van der Waals surface area contributed by atoms with Gasteiger partial charge >= 0.3 is 11.7 Å². The maximum absolute atomic E-state index is 11.4. The Hall–Kier alpha value is -2.68. The van der Waals surface area contributed by atoms with E-state index in [2.05, 4.69) is 5.10 Å². The van der Waals surface area contributed by atoms with Crippen molar-refractivity contribution >= 4 is 11.7 Å². The molecule has 2 rings (SSSR count). The third-order valence-electron chi connectivity index (χ3n) is 2.88. The number of hydrogen-bond acceptors (Lipinski definition) is 7. The molecule has 2 aromatic heterocycles. The monoisotopic (exact) mass is 308 g/mol. The predicted octanol–water partition coefficient (Wildman–Crippen LogP) is 0.865. The first-order valence-corrected chi connectivity index (χ1v) is 6.66. The van der Waals surface area contributed by atoms with Gasteiger partial charge in [-0.2, -0.15) is 5.10 Å². The van der Waals surface area contributed by atoms with Crippen LogP contribution >= 0.6 is 0 Å². The van der Waals surface area contributed by atoms with Crippen molar-refractivity contribution in [2.24, 2.45) is 5.73 Å². The quantitative estimate of drug-likeness (QED) is 0.456. The normalized spacial score (nSPS) is 12.1. The predicted molar refractivity (Wildman–Crippen MR) is 75.0 cm³/mol. The van der Waals surface area contributed by atoms with Crippen molar-refractivity contribution < 1.29 is 18.9 Å². The number of rotatable bonds is 7. The molecule has 2 aromatic rings. The standard InChI is InChI=1S/C13H16N4O5/c1-2-21-13(18)12(14)5-10-3-4-11(22-10)8-16-7-9(6-15-16)17(19)20/h3-4,6-7,12H,2,5,8,14H2,1H3. The zero-order valence-corrected chi connectivity index (χ0v) is 12.0. The van der Waals surface area contributed by atoms with Gasteiger partial charge in [0, 0.05) is 6.42 Å². The van der Waals surface area contributed by atoms with Gasteiger partial charge in [-0.25, -0.2) is 0 Å². The fourth-order valence-corrected chi connectivity index (χ4v) is 1.86. The Bertz CT molecular complexity index is 663. The molecule has 0 spiro atoms. The second-order valence-electron chi connectivity index (χ2n) is 4.58. The molecule has 0 saturated carbocycles. The van der Waals surface area contributed by atoms with Gasteiger partial charge in [0.2, 0.25) is 0 Å². The number of nitrogens with zero attached hydrogens (tertiary/aromatic N) is 3. The smallest absolute Gasteiger partial charge is 0.323 e. The Labute approximate surface area is 125 Å². The van der Waals surface area contributed by atoms with Crippen LogP contribution in [0.15, 0.2) is 28.9 Å². The maximum atomic E-state index is 11.4. The number of carbonyl (C=O) groups excluding carboxylic acids is 1.